The molecule has 0 aromatic heterocycles. The zero-order valence-electron chi connectivity index (χ0n) is 11.7. The second-order valence-electron chi connectivity index (χ2n) is 4.55. The monoisotopic (exact) mass is 283 g/mol. The Bertz CT molecular complexity index is 425. The summed E-state index contributed by atoms with van der Waals surface area (Å²) in [5.41, 5.74) is 1.24. The molecule has 1 unspecified atom stereocenters. The fourth-order valence-electron chi connectivity index (χ4n) is 2.03. The van der Waals surface area contributed by atoms with Gasteiger partial charge in [0.15, 0.2) is 11.5 Å². The van der Waals surface area contributed by atoms with Crippen LogP contribution in [-0.2, 0) is 11.3 Å². The SMILES string of the molecule is COCC(C)NCc1cc2c(cc1SC)OCCO2. The maximum absolute atomic E-state index is 5.63. The zero-order valence-corrected chi connectivity index (χ0v) is 12.5. The molecule has 1 atom stereocenters. The van der Waals surface area contributed by atoms with E-state index in [1.165, 1.54) is 10.5 Å². The molecule has 0 saturated heterocycles. The van der Waals surface area contributed by atoms with E-state index in [0.717, 1.165) is 18.0 Å². The molecule has 0 aliphatic carbocycles. The van der Waals surface area contributed by atoms with Gasteiger partial charge < -0.3 is 19.5 Å². The van der Waals surface area contributed by atoms with Gasteiger partial charge in [0.1, 0.15) is 13.2 Å². The van der Waals surface area contributed by atoms with Crippen molar-refractivity contribution in [2.45, 2.75) is 24.4 Å². The summed E-state index contributed by atoms with van der Waals surface area (Å²) in [5.74, 6) is 1.70. The summed E-state index contributed by atoms with van der Waals surface area (Å²) < 4.78 is 16.4. The molecule has 0 spiro atoms. The van der Waals surface area contributed by atoms with Crippen molar-refractivity contribution in [2.24, 2.45) is 0 Å². The smallest absolute Gasteiger partial charge is 0.162 e. The molecule has 0 amide bonds. The first-order chi connectivity index (χ1) is 9.24. The fraction of sp³-hybridized carbons (Fsp3) is 0.571. The summed E-state index contributed by atoms with van der Waals surface area (Å²) in [6.07, 6.45) is 2.08. The number of fused-ring (bicyclic) bond motifs is 1. The summed E-state index contributed by atoms with van der Waals surface area (Å²) in [4.78, 5) is 1.22. The molecule has 0 radical (unpaired) electrons. The predicted molar refractivity (Wildman–Crippen MR) is 77.4 cm³/mol. The molecule has 0 fully saturated rings. The molecular formula is C14H21NO3S. The second kappa shape index (κ2) is 7.03. The van der Waals surface area contributed by atoms with Gasteiger partial charge in [-0.1, -0.05) is 0 Å². The van der Waals surface area contributed by atoms with E-state index in [1.54, 1.807) is 18.9 Å². The van der Waals surface area contributed by atoms with Crippen LogP contribution in [0.1, 0.15) is 12.5 Å². The summed E-state index contributed by atoms with van der Waals surface area (Å²) in [5, 5.41) is 3.45. The average Bonchev–Trinajstić information content (AvgIpc) is 2.44. The van der Waals surface area contributed by atoms with E-state index in [-0.39, 0.29) is 0 Å². The third-order valence-electron chi connectivity index (χ3n) is 3.00. The lowest BCUT2D eigenvalue weighted by Crippen LogP contribution is -2.29. The second-order valence-corrected chi connectivity index (χ2v) is 5.39. The Labute approximate surface area is 118 Å². The standard InChI is InChI=1S/C14H21NO3S/c1-10(9-16-2)15-8-11-6-12-13(7-14(11)19-3)18-5-4-17-12/h6-7,10,15H,4-5,8-9H2,1-3H3. The minimum atomic E-state index is 0.327. The molecule has 19 heavy (non-hydrogen) atoms. The van der Waals surface area contributed by atoms with Crippen molar-refractivity contribution < 1.29 is 14.2 Å². The first kappa shape index (κ1) is 14.5. The van der Waals surface area contributed by atoms with Crippen LogP contribution < -0.4 is 14.8 Å². The Morgan fingerprint density at radius 3 is 2.63 bits per heavy atom. The van der Waals surface area contributed by atoms with E-state index in [0.29, 0.717) is 25.9 Å². The molecule has 1 aliphatic heterocycles. The van der Waals surface area contributed by atoms with Gasteiger partial charge in [0.2, 0.25) is 0 Å². The van der Waals surface area contributed by atoms with Crippen LogP contribution >= 0.6 is 11.8 Å². The van der Waals surface area contributed by atoms with Gasteiger partial charge in [-0.2, -0.15) is 0 Å². The van der Waals surface area contributed by atoms with Crippen LogP contribution in [0.25, 0.3) is 0 Å². The molecule has 1 heterocycles. The number of hydrogen-bond acceptors (Lipinski definition) is 5. The number of rotatable bonds is 6. The zero-order chi connectivity index (χ0) is 13.7. The van der Waals surface area contributed by atoms with Gasteiger partial charge in [-0.25, -0.2) is 0 Å². The molecule has 0 saturated carbocycles. The van der Waals surface area contributed by atoms with Gasteiger partial charge in [0.05, 0.1) is 6.61 Å². The molecule has 2 rings (SSSR count). The van der Waals surface area contributed by atoms with Gasteiger partial charge in [0, 0.05) is 24.6 Å². The van der Waals surface area contributed by atoms with E-state index in [9.17, 15) is 0 Å². The van der Waals surface area contributed by atoms with Crippen molar-refractivity contribution in [3.8, 4) is 11.5 Å². The van der Waals surface area contributed by atoms with Crippen molar-refractivity contribution >= 4 is 11.8 Å². The van der Waals surface area contributed by atoms with Crippen LogP contribution in [0.15, 0.2) is 17.0 Å². The summed E-state index contributed by atoms with van der Waals surface area (Å²) >= 11 is 1.73. The van der Waals surface area contributed by atoms with Gasteiger partial charge in [-0.3, -0.25) is 0 Å². The van der Waals surface area contributed by atoms with E-state index >= 15 is 0 Å². The van der Waals surface area contributed by atoms with Crippen LogP contribution in [0.3, 0.4) is 0 Å². The van der Waals surface area contributed by atoms with Gasteiger partial charge in [-0.05, 0) is 30.9 Å². The summed E-state index contributed by atoms with van der Waals surface area (Å²) in [7, 11) is 1.72. The van der Waals surface area contributed by atoms with Crippen LogP contribution in [0.5, 0.6) is 11.5 Å². The van der Waals surface area contributed by atoms with Crippen molar-refractivity contribution in [2.75, 3.05) is 33.2 Å². The van der Waals surface area contributed by atoms with Crippen LogP contribution in [0, 0.1) is 0 Å². The Hall–Kier alpha value is -0.910. The molecule has 0 bridgehead atoms. The maximum atomic E-state index is 5.63. The van der Waals surface area contributed by atoms with Crippen molar-refractivity contribution in [3.63, 3.8) is 0 Å². The summed E-state index contributed by atoms with van der Waals surface area (Å²) in [6.45, 7) is 4.87. The number of ether oxygens (including phenoxy) is 3. The first-order valence-corrected chi connectivity index (χ1v) is 7.66. The van der Waals surface area contributed by atoms with E-state index in [2.05, 4.69) is 30.6 Å². The van der Waals surface area contributed by atoms with E-state index in [4.69, 9.17) is 14.2 Å². The molecule has 4 nitrogen and oxygen atoms in total. The highest BCUT2D eigenvalue weighted by Gasteiger charge is 2.15. The molecule has 106 valence electrons. The third-order valence-corrected chi connectivity index (χ3v) is 3.82. The van der Waals surface area contributed by atoms with Gasteiger partial charge >= 0.3 is 0 Å². The average molecular weight is 283 g/mol. The molecule has 5 heteroatoms. The lowest BCUT2D eigenvalue weighted by molar-refractivity contribution is 0.169. The molecule has 1 aliphatic rings. The highest BCUT2D eigenvalue weighted by Crippen LogP contribution is 2.36. The highest BCUT2D eigenvalue weighted by molar-refractivity contribution is 7.98. The molecular weight excluding hydrogens is 262 g/mol. The largest absolute Gasteiger partial charge is 0.486 e. The quantitative estimate of drug-likeness (QED) is 0.811. The van der Waals surface area contributed by atoms with Crippen molar-refractivity contribution in [1.29, 1.82) is 0 Å². The van der Waals surface area contributed by atoms with Crippen molar-refractivity contribution in [1.82, 2.24) is 5.32 Å². The van der Waals surface area contributed by atoms with Crippen LogP contribution in [-0.4, -0.2) is 39.2 Å². The first-order valence-electron chi connectivity index (χ1n) is 6.43. The Morgan fingerprint density at radius 1 is 1.32 bits per heavy atom. The highest BCUT2D eigenvalue weighted by atomic mass is 32.2. The predicted octanol–water partition coefficient (Wildman–Crippen LogP) is 2.30. The topological polar surface area (TPSA) is 39.7 Å². The Balaban J connectivity index is 2.10. The lowest BCUT2D eigenvalue weighted by atomic mass is 10.1. The number of benzene rings is 1. The van der Waals surface area contributed by atoms with E-state index in [1.807, 2.05) is 0 Å². The van der Waals surface area contributed by atoms with Gasteiger partial charge in [0.25, 0.3) is 0 Å². The van der Waals surface area contributed by atoms with Crippen molar-refractivity contribution in [3.05, 3.63) is 17.7 Å². The fourth-order valence-corrected chi connectivity index (χ4v) is 2.65. The minimum absolute atomic E-state index is 0.327. The molecule has 1 N–H and O–H groups in total. The van der Waals surface area contributed by atoms with Crippen LogP contribution in [0.2, 0.25) is 0 Å². The number of thioether (sulfide) groups is 1. The minimum Gasteiger partial charge on any atom is -0.486 e. The number of hydrogen-bond donors (Lipinski definition) is 1. The molecule has 1 aromatic rings. The molecule has 1 aromatic carbocycles. The lowest BCUT2D eigenvalue weighted by Gasteiger charge is -2.21. The Morgan fingerprint density at radius 2 is 2.00 bits per heavy atom. The van der Waals surface area contributed by atoms with E-state index < -0.39 is 0 Å². The third kappa shape index (κ3) is 3.78. The Kier molecular flexibility index (Phi) is 5.36. The normalized spacial score (nSPS) is 15.3. The number of nitrogens with one attached hydrogen (secondary N) is 1. The maximum Gasteiger partial charge on any atom is 0.162 e. The van der Waals surface area contributed by atoms with Gasteiger partial charge in [-0.15, -0.1) is 11.8 Å². The summed E-state index contributed by atoms with van der Waals surface area (Å²) in [6, 6.07) is 4.47. The number of methoxy groups -OCH3 is 1. The van der Waals surface area contributed by atoms with Crippen LogP contribution in [0.4, 0.5) is 0 Å².